The second kappa shape index (κ2) is 7.37. The van der Waals surface area contributed by atoms with Crippen LogP contribution in [0.15, 0.2) is 47.2 Å². The SMILES string of the molecule is CC(OC(=O)c1ccsc1)C(=O)NC(=O)Nc1ccccc1. The van der Waals surface area contributed by atoms with Crippen molar-refractivity contribution in [3.63, 3.8) is 0 Å². The zero-order valence-corrected chi connectivity index (χ0v) is 12.6. The van der Waals surface area contributed by atoms with Crippen molar-refractivity contribution in [3.8, 4) is 0 Å². The molecule has 3 amide bonds. The fraction of sp³-hybridized carbons (Fsp3) is 0.133. The number of imide groups is 1. The lowest BCUT2D eigenvalue weighted by Gasteiger charge is -2.12. The van der Waals surface area contributed by atoms with Crippen LogP contribution >= 0.6 is 11.3 Å². The van der Waals surface area contributed by atoms with E-state index < -0.39 is 24.0 Å². The number of para-hydroxylation sites is 1. The number of thiophene rings is 1. The van der Waals surface area contributed by atoms with Crippen LogP contribution in [0.2, 0.25) is 0 Å². The third-order valence-corrected chi connectivity index (χ3v) is 3.36. The van der Waals surface area contributed by atoms with Crippen LogP contribution in [0.25, 0.3) is 0 Å². The van der Waals surface area contributed by atoms with Crippen LogP contribution < -0.4 is 10.6 Å². The number of nitrogens with one attached hydrogen (secondary N) is 2. The van der Waals surface area contributed by atoms with Crippen LogP contribution in [-0.4, -0.2) is 24.0 Å². The van der Waals surface area contributed by atoms with Crippen molar-refractivity contribution >= 4 is 34.9 Å². The molecule has 1 heterocycles. The summed E-state index contributed by atoms with van der Waals surface area (Å²) >= 11 is 1.35. The Balaban J connectivity index is 1.83. The lowest BCUT2D eigenvalue weighted by molar-refractivity contribution is -0.127. The number of ether oxygens (including phenoxy) is 1. The summed E-state index contributed by atoms with van der Waals surface area (Å²) in [6.45, 7) is 1.40. The molecule has 2 aromatic rings. The van der Waals surface area contributed by atoms with E-state index in [1.807, 2.05) is 0 Å². The van der Waals surface area contributed by atoms with Gasteiger partial charge in [0.1, 0.15) is 0 Å². The van der Waals surface area contributed by atoms with Crippen molar-refractivity contribution in [2.45, 2.75) is 13.0 Å². The van der Waals surface area contributed by atoms with Gasteiger partial charge in [0.15, 0.2) is 6.10 Å². The molecule has 0 aliphatic carbocycles. The fourth-order valence-electron chi connectivity index (χ4n) is 1.56. The minimum Gasteiger partial charge on any atom is -0.449 e. The second-order valence-electron chi connectivity index (χ2n) is 4.37. The van der Waals surface area contributed by atoms with Gasteiger partial charge in [-0.05, 0) is 30.5 Å². The summed E-state index contributed by atoms with van der Waals surface area (Å²) in [5.41, 5.74) is 0.925. The van der Waals surface area contributed by atoms with E-state index in [4.69, 9.17) is 4.74 Å². The molecule has 0 spiro atoms. The van der Waals surface area contributed by atoms with E-state index in [9.17, 15) is 14.4 Å². The number of rotatable bonds is 4. The maximum Gasteiger partial charge on any atom is 0.339 e. The molecule has 2 N–H and O–H groups in total. The van der Waals surface area contributed by atoms with Crippen LogP contribution in [0.1, 0.15) is 17.3 Å². The average molecular weight is 318 g/mol. The van der Waals surface area contributed by atoms with Crippen molar-refractivity contribution in [2.75, 3.05) is 5.32 Å². The molecule has 1 atom stereocenters. The molecule has 0 saturated heterocycles. The summed E-state index contributed by atoms with van der Waals surface area (Å²) in [5, 5.41) is 7.96. The molecule has 1 aromatic carbocycles. The normalized spacial score (nSPS) is 11.3. The molecule has 0 aliphatic heterocycles. The molecule has 22 heavy (non-hydrogen) atoms. The third kappa shape index (κ3) is 4.42. The van der Waals surface area contributed by atoms with E-state index >= 15 is 0 Å². The Morgan fingerprint density at radius 2 is 1.86 bits per heavy atom. The van der Waals surface area contributed by atoms with Gasteiger partial charge in [-0.2, -0.15) is 11.3 Å². The predicted octanol–water partition coefficient (Wildman–Crippen LogP) is 2.64. The van der Waals surface area contributed by atoms with Crippen molar-refractivity contribution < 1.29 is 19.1 Å². The summed E-state index contributed by atoms with van der Waals surface area (Å²) in [5.74, 6) is -1.30. The summed E-state index contributed by atoms with van der Waals surface area (Å²) in [6, 6.07) is 9.59. The van der Waals surface area contributed by atoms with Gasteiger partial charge in [0, 0.05) is 11.1 Å². The number of hydrogen-bond donors (Lipinski definition) is 2. The van der Waals surface area contributed by atoms with Gasteiger partial charge in [0.2, 0.25) is 0 Å². The van der Waals surface area contributed by atoms with E-state index in [0.717, 1.165) is 0 Å². The Morgan fingerprint density at radius 1 is 1.14 bits per heavy atom. The van der Waals surface area contributed by atoms with E-state index in [2.05, 4.69) is 10.6 Å². The third-order valence-electron chi connectivity index (χ3n) is 2.68. The van der Waals surface area contributed by atoms with Crippen molar-refractivity contribution in [2.24, 2.45) is 0 Å². The molecule has 1 aromatic heterocycles. The van der Waals surface area contributed by atoms with E-state index in [1.165, 1.54) is 18.3 Å². The van der Waals surface area contributed by atoms with Gasteiger partial charge in [-0.3, -0.25) is 10.1 Å². The molecule has 6 nitrogen and oxygen atoms in total. The molecule has 1 unspecified atom stereocenters. The van der Waals surface area contributed by atoms with E-state index in [1.54, 1.807) is 47.2 Å². The summed E-state index contributed by atoms with van der Waals surface area (Å²) < 4.78 is 4.98. The molecule has 0 bridgehead atoms. The number of benzene rings is 1. The summed E-state index contributed by atoms with van der Waals surface area (Å²) in [6.07, 6.45) is -1.08. The maximum absolute atomic E-state index is 11.8. The number of urea groups is 1. The zero-order chi connectivity index (χ0) is 15.9. The molecular formula is C15H14N2O4S. The Morgan fingerprint density at radius 3 is 2.50 bits per heavy atom. The molecule has 2 rings (SSSR count). The van der Waals surface area contributed by atoms with Crippen LogP contribution in [-0.2, 0) is 9.53 Å². The number of amides is 3. The molecule has 0 saturated carbocycles. The molecule has 0 aliphatic rings. The van der Waals surface area contributed by atoms with Gasteiger partial charge in [-0.25, -0.2) is 9.59 Å². The van der Waals surface area contributed by atoms with E-state index in [0.29, 0.717) is 11.3 Å². The highest BCUT2D eigenvalue weighted by molar-refractivity contribution is 7.08. The van der Waals surface area contributed by atoms with Crippen molar-refractivity contribution in [1.82, 2.24) is 5.32 Å². The average Bonchev–Trinajstić information content (AvgIpc) is 3.02. The van der Waals surface area contributed by atoms with Gasteiger partial charge in [-0.15, -0.1) is 0 Å². The first-order valence-corrected chi connectivity index (χ1v) is 7.40. The van der Waals surface area contributed by atoms with Gasteiger partial charge < -0.3 is 10.1 Å². The standard InChI is InChI=1S/C15H14N2O4S/c1-10(21-14(19)11-7-8-22-9-11)13(18)17-15(20)16-12-5-3-2-4-6-12/h2-10H,1H3,(H2,16,17,18,20). The summed E-state index contributed by atoms with van der Waals surface area (Å²) in [4.78, 5) is 35.2. The number of carbonyl (C=O) groups excluding carboxylic acids is 3. The molecule has 7 heteroatoms. The molecule has 0 fully saturated rings. The Bertz CT molecular complexity index is 655. The van der Waals surface area contributed by atoms with E-state index in [-0.39, 0.29) is 0 Å². The number of carbonyl (C=O) groups is 3. The van der Waals surface area contributed by atoms with Crippen molar-refractivity contribution in [1.29, 1.82) is 0 Å². The van der Waals surface area contributed by atoms with Crippen LogP contribution in [0.3, 0.4) is 0 Å². The number of hydrogen-bond acceptors (Lipinski definition) is 5. The van der Waals surface area contributed by atoms with Crippen LogP contribution in [0, 0.1) is 0 Å². The van der Waals surface area contributed by atoms with Crippen LogP contribution in [0.4, 0.5) is 10.5 Å². The number of esters is 1. The quantitative estimate of drug-likeness (QED) is 0.849. The highest BCUT2D eigenvalue weighted by atomic mass is 32.1. The molecular weight excluding hydrogens is 304 g/mol. The number of anilines is 1. The first-order valence-electron chi connectivity index (χ1n) is 6.46. The minimum absolute atomic E-state index is 0.374. The Kier molecular flexibility index (Phi) is 5.26. The monoisotopic (exact) mass is 318 g/mol. The van der Waals surface area contributed by atoms with Gasteiger partial charge in [-0.1, -0.05) is 18.2 Å². The first kappa shape index (κ1) is 15.7. The van der Waals surface area contributed by atoms with Gasteiger partial charge in [0.05, 0.1) is 5.56 Å². The predicted molar refractivity (Wildman–Crippen MR) is 82.8 cm³/mol. The van der Waals surface area contributed by atoms with Crippen molar-refractivity contribution in [3.05, 3.63) is 52.7 Å². The maximum atomic E-state index is 11.8. The van der Waals surface area contributed by atoms with Gasteiger partial charge in [0.25, 0.3) is 5.91 Å². The largest absolute Gasteiger partial charge is 0.449 e. The second-order valence-corrected chi connectivity index (χ2v) is 5.15. The summed E-state index contributed by atoms with van der Waals surface area (Å²) in [7, 11) is 0. The lowest BCUT2D eigenvalue weighted by atomic mass is 10.3. The highest BCUT2D eigenvalue weighted by Crippen LogP contribution is 2.09. The Hall–Kier alpha value is -2.67. The lowest BCUT2D eigenvalue weighted by Crippen LogP contribution is -2.41. The first-order chi connectivity index (χ1) is 10.6. The topological polar surface area (TPSA) is 84.5 Å². The fourth-order valence-corrected chi connectivity index (χ4v) is 2.19. The smallest absolute Gasteiger partial charge is 0.339 e. The van der Waals surface area contributed by atoms with Gasteiger partial charge >= 0.3 is 12.0 Å². The minimum atomic E-state index is -1.08. The Labute approximate surface area is 131 Å². The molecule has 0 radical (unpaired) electrons. The zero-order valence-electron chi connectivity index (χ0n) is 11.7. The molecule has 114 valence electrons. The van der Waals surface area contributed by atoms with Crippen LogP contribution in [0.5, 0.6) is 0 Å². The highest BCUT2D eigenvalue weighted by Gasteiger charge is 2.20.